The van der Waals surface area contributed by atoms with E-state index in [-0.39, 0.29) is 18.2 Å². The zero-order valence-electron chi connectivity index (χ0n) is 15.3. The fourth-order valence-electron chi connectivity index (χ4n) is 3.10. The van der Waals surface area contributed by atoms with Gasteiger partial charge in [-0.1, -0.05) is 54.6 Å². The molecule has 0 bridgehead atoms. The number of aliphatic hydroxyl groups excluding tert-OH is 1. The van der Waals surface area contributed by atoms with E-state index in [1.807, 2.05) is 72.0 Å². The lowest BCUT2D eigenvalue weighted by molar-refractivity contribution is -0.660. The summed E-state index contributed by atoms with van der Waals surface area (Å²) < 4.78 is 5.18. The molecule has 0 radical (unpaired) electrons. The summed E-state index contributed by atoms with van der Waals surface area (Å²) in [4.78, 5) is 12.6. The Bertz CT molecular complexity index is 892. The number of benzene rings is 3. The van der Waals surface area contributed by atoms with Gasteiger partial charge in [-0.25, -0.2) is 0 Å². The van der Waals surface area contributed by atoms with Crippen LogP contribution in [0.2, 0.25) is 0 Å². The summed E-state index contributed by atoms with van der Waals surface area (Å²) in [7, 11) is 1.61. The van der Waals surface area contributed by atoms with Crippen LogP contribution in [0.25, 0.3) is 10.8 Å². The molecule has 4 nitrogen and oxygen atoms in total. The van der Waals surface area contributed by atoms with Crippen molar-refractivity contribution in [3.63, 3.8) is 0 Å². The molecule has 0 saturated carbocycles. The minimum Gasteiger partial charge on any atom is -1.00 e. The van der Waals surface area contributed by atoms with Crippen LogP contribution < -0.4 is 22.5 Å². The van der Waals surface area contributed by atoms with Crippen molar-refractivity contribution in [2.45, 2.75) is 12.5 Å². The highest BCUT2D eigenvalue weighted by Crippen LogP contribution is 2.20. The third-order valence-electron chi connectivity index (χ3n) is 4.53. The van der Waals surface area contributed by atoms with E-state index < -0.39 is 6.10 Å². The highest BCUT2D eigenvalue weighted by atomic mass is 35.5. The Morgan fingerprint density at radius 3 is 2.63 bits per heavy atom. The quantitative estimate of drug-likeness (QED) is 0.414. The van der Waals surface area contributed by atoms with Crippen LogP contribution in [-0.4, -0.2) is 31.1 Å². The van der Waals surface area contributed by atoms with Gasteiger partial charge in [0.25, 0.3) is 0 Å². The molecule has 0 aliphatic heterocycles. The van der Waals surface area contributed by atoms with Crippen LogP contribution in [-0.2, 0) is 0 Å². The topological polar surface area (TPSA) is 63.1 Å². The van der Waals surface area contributed by atoms with Crippen molar-refractivity contribution in [3.8, 4) is 5.75 Å². The van der Waals surface area contributed by atoms with Gasteiger partial charge in [-0.05, 0) is 28.5 Å². The Balaban J connectivity index is 0.00000261. The minimum atomic E-state index is -0.585. The van der Waals surface area contributed by atoms with Gasteiger partial charge in [0.15, 0.2) is 5.78 Å². The van der Waals surface area contributed by atoms with Crippen molar-refractivity contribution >= 4 is 16.6 Å². The third-order valence-corrected chi connectivity index (χ3v) is 4.53. The molecule has 3 N–H and O–H groups in total. The summed E-state index contributed by atoms with van der Waals surface area (Å²) in [5, 5.41) is 14.3. The van der Waals surface area contributed by atoms with Gasteiger partial charge in [0.05, 0.1) is 20.1 Å². The third kappa shape index (κ3) is 5.30. The molecule has 0 aromatic heterocycles. The Kier molecular flexibility index (Phi) is 7.80. The second kappa shape index (κ2) is 10.1. The molecule has 0 saturated heterocycles. The first kappa shape index (κ1) is 20.9. The van der Waals surface area contributed by atoms with Gasteiger partial charge < -0.3 is 27.6 Å². The number of hydrogen-bond acceptors (Lipinski definition) is 3. The largest absolute Gasteiger partial charge is 1.00 e. The van der Waals surface area contributed by atoms with Gasteiger partial charge in [-0.2, -0.15) is 0 Å². The molecule has 0 fully saturated rings. The molecule has 0 amide bonds. The summed E-state index contributed by atoms with van der Waals surface area (Å²) in [5.74, 6) is 0.863. The van der Waals surface area contributed by atoms with Crippen LogP contribution in [0.1, 0.15) is 28.4 Å². The zero-order valence-corrected chi connectivity index (χ0v) is 16.0. The van der Waals surface area contributed by atoms with E-state index in [0.717, 1.165) is 27.6 Å². The van der Waals surface area contributed by atoms with Gasteiger partial charge in [0.1, 0.15) is 18.4 Å². The second-order valence-electron chi connectivity index (χ2n) is 6.31. The van der Waals surface area contributed by atoms with E-state index in [9.17, 15) is 9.90 Å². The van der Waals surface area contributed by atoms with Gasteiger partial charge in [-0.3, -0.25) is 4.79 Å². The number of hydrogen-bond donors (Lipinski definition) is 2. The second-order valence-corrected chi connectivity index (χ2v) is 6.31. The molecule has 142 valence electrons. The number of carbonyl (C=O) groups excluding carboxylic acids is 1. The van der Waals surface area contributed by atoms with Gasteiger partial charge in [-0.15, -0.1) is 0 Å². The maximum absolute atomic E-state index is 12.6. The van der Waals surface area contributed by atoms with Crippen LogP contribution in [0.5, 0.6) is 5.75 Å². The maximum Gasteiger partial charge on any atom is 0.169 e. The number of nitrogens with two attached hydrogens (primary N) is 1. The van der Waals surface area contributed by atoms with E-state index >= 15 is 0 Å². The molecule has 0 spiro atoms. The Labute approximate surface area is 165 Å². The molecule has 3 aromatic carbocycles. The molecule has 3 aromatic rings. The van der Waals surface area contributed by atoms with Crippen molar-refractivity contribution in [2.24, 2.45) is 0 Å². The molecular weight excluding hydrogens is 362 g/mol. The summed E-state index contributed by atoms with van der Waals surface area (Å²) in [6.07, 6.45) is -0.142. The predicted molar refractivity (Wildman–Crippen MR) is 103 cm³/mol. The Morgan fingerprint density at radius 1 is 1.07 bits per heavy atom. The number of carbonyl (C=O) groups is 1. The number of halogens is 1. The van der Waals surface area contributed by atoms with Crippen molar-refractivity contribution < 1.29 is 32.4 Å². The molecule has 1 atom stereocenters. The van der Waals surface area contributed by atoms with Crippen molar-refractivity contribution in [2.75, 3.05) is 20.2 Å². The summed E-state index contributed by atoms with van der Waals surface area (Å²) >= 11 is 0. The first-order chi connectivity index (χ1) is 12.7. The number of quaternary nitrogens is 1. The number of fused-ring (bicyclic) bond motifs is 1. The number of methoxy groups -OCH3 is 1. The molecule has 3 rings (SSSR count). The standard InChI is InChI=1S/C22H23NO3.ClH/c1-26-18-9-4-8-17(14-18)22(25)15-23-13-12-21(24)20-11-5-7-16-6-2-3-10-19(16)20;/h2-11,14,22-23,25H,12-13,15H2,1H3;1H. The SMILES string of the molecule is COc1cccc(C(O)C[NH2+]CCC(=O)c2cccc3ccccc23)c1.[Cl-]. The number of rotatable bonds is 8. The van der Waals surface area contributed by atoms with E-state index in [1.54, 1.807) is 7.11 Å². The smallest absolute Gasteiger partial charge is 0.169 e. The van der Waals surface area contributed by atoms with Gasteiger partial charge in [0.2, 0.25) is 0 Å². The molecular formula is C22H24ClNO3. The normalized spacial score (nSPS) is 11.6. The number of aliphatic hydroxyl groups is 1. The van der Waals surface area contributed by atoms with E-state index in [4.69, 9.17) is 4.74 Å². The maximum atomic E-state index is 12.6. The first-order valence-electron chi connectivity index (χ1n) is 8.83. The number of Topliss-reactive ketones (excluding diaryl/α,β-unsaturated/α-hetero) is 1. The van der Waals surface area contributed by atoms with Crippen LogP contribution in [0, 0.1) is 0 Å². The Morgan fingerprint density at radius 2 is 1.81 bits per heavy atom. The van der Waals surface area contributed by atoms with Crippen molar-refractivity contribution in [3.05, 3.63) is 77.9 Å². The summed E-state index contributed by atoms with van der Waals surface area (Å²) in [6, 6.07) is 21.2. The molecule has 27 heavy (non-hydrogen) atoms. The number of ketones is 1. The fraction of sp³-hybridized carbons (Fsp3) is 0.227. The van der Waals surface area contributed by atoms with Crippen molar-refractivity contribution in [1.29, 1.82) is 0 Å². The van der Waals surface area contributed by atoms with Gasteiger partial charge in [0, 0.05) is 5.56 Å². The lowest BCUT2D eigenvalue weighted by Crippen LogP contribution is -3.00. The zero-order chi connectivity index (χ0) is 18.4. The molecule has 1 unspecified atom stereocenters. The molecule has 0 aliphatic rings. The highest BCUT2D eigenvalue weighted by Gasteiger charge is 2.13. The molecule has 0 aliphatic carbocycles. The van der Waals surface area contributed by atoms with Crippen LogP contribution >= 0.6 is 0 Å². The van der Waals surface area contributed by atoms with Gasteiger partial charge >= 0.3 is 0 Å². The van der Waals surface area contributed by atoms with E-state index in [0.29, 0.717) is 19.5 Å². The highest BCUT2D eigenvalue weighted by molar-refractivity contribution is 6.08. The molecule has 0 heterocycles. The number of ether oxygens (including phenoxy) is 1. The molecule has 5 heteroatoms. The van der Waals surface area contributed by atoms with Crippen LogP contribution in [0.15, 0.2) is 66.7 Å². The summed E-state index contributed by atoms with van der Waals surface area (Å²) in [5.41, 5.74) is 1.59. The summed E-state index contributed by atoms with van der Waals surface area (Å²) in [6.45, 7) is 1.15. The van der Waals surface area contributed by atoms with Crippen molar-refractivity contribution in [1.82, 2.24) is 0 Å². The minimum absolute atomic E-state index is 0. The van der Waals surface area contributed by atoms with E-state index in [2.05, 4.69) is 0 Å². The monoisotopic (exact) mass is 385 g/mol. The first-order valence-corrected chi connectivity index (χ1v) is 8.83. The van der Waals surface area contributed by atoms with Crippen LogP contribution in [0.3, 0.4) is 0 Å². The van der Waals surface area contributed by atoms with Crippen LogP contribution in [0.4, 0.5) is 0 Å². The predicted octanol–water partition coefficient (Wildman–Crippen LogP) is -0.278. The average molecular weight is 386 g/mol. The average Bonchev–Trinajstić information content (AvgIpc) is 2.70. The fourth-order valence-corrected chi connectivity index (χ4v) is 3.10. The lowest BCUT2D eigenvalue weighted by Gasteiger charge is -2.11. The lowest BCUT2D eigenvalue weighted by atomic mass is 10.00. The Hall–Kier alpha value is -2.40. The van der Waals surface area contributed by atoms with E-state index in [1.165, 1.54) is 0 Å².